The second-order valence-corrected chi connectivity index (χ2v) is 3.81. The number of benzene rings is 2. The summed E-state index contributed by atoms with van der Waals surface area (Å²) in [6.45, 7) is 0. The standard InChI is InChI=1S/C13H9ClO3/c14-10-7-5-9(6-8-10)11-3-1-2-4-12(11)17-13(15)16/h1-8H,(H,15,16). The van der Waals surface area contributed by atoms with Gasteiger partial charge in [-0.25, -0.2) is 4.79 Å². The number of hydrogen-bond acceptors (Lipinski definition) is 2. The minimum atomic E-state index is -1.33. The summed E-state index contributed by atoms with van der Waals surface area (Å²) in [7, 11) is 0. The molecular weight excluding hydrogens is 240 g/mol. The van der Waals surface area contributed by atoms with Gasteiger partial charge in [0.05, 0.1) is 0 Å². The monoisotopic (exact) mass is 248 g/mol. The van der Waals surface area contributed by atoms with Crippen LogP contribution < -0.4 is 4.74 Å². The van der Waals surface area contributed by atoms with Gasteiger partial charge in [-0.15, -0.1) is 0 Å². The fourth-order valence-electron chi connectivity index (χ4n) is 1.52. The van der Waals surface area contributed by atoms with Gasteiger partial charge in [0.25, 0.3) is 0 Å². The molecule has 1 N–H and O–H groups in total. The Kier molecular flexibility index (Phi) is 3.30. The number of rotatable bonds is 2. The quantitative estimate of drug-likeness (QED) is 0.644. The lowest BCUT2D eigenvalue weighted by molar-refractivity contribution is 0.144. The smallest absolute Gasteiger partial charge is 0.449 e. The predicted octanol–water partition coefficient (Wildman–Crippen LogP) is 4.06. The lowest BCUT2D eigenvalue weighted by atomic mass is 10.1. The minimum Gasteiger partial charge on any atom is -0.449 e. The SMILES string of the molecule is O=C(O)Oc1ccccc1-c1ccc(Cl)cc1. The summed E-state index contributed by atoms with van der Waals surface area (Å²) in [5.41, 5.74) is 1.57. The molecule has 0 aromatic heterocycles. The van der Waals surface area contributed by atoms with Crippen molar-refractivity contribution in [3.05, 3.63) is 53.6 Å². The van der Waals surface area contributed by atoms with Gasteiger partial charge >= 0.3 is 6.16 Å². The molecule has 0 saturated carbocycles. The molecule has 0 amide bonds. The van der Waals surface area contributed by atoms with Crippen LogP contribution in [0.15, 0.2) is 48.5 Å². The van der Waals surface area contributed by atoms with Crippen LogP contribution in [0.5, 0.6) is 5.75 Å². The highest BCUT2D eigenvalue weighted by molar-refractivity contribution is 6.30. The Morgan fingerprint density at radius 2 is 1.71 bits per heavy atom. The summed E-state index contributed by atoms with van der Waals surface area (Å²) in [4.78, 5) is 10.6. The van der Waals surface area contributed by atoms with Crippen LogP contribution in [-0.4, -0.2) is 11.3 Å². The van der Waals surface area contributed by atoms with Gasteiger partial charge in [-0.1, -0.05) is 41.9 Å². The first kappa shape index (κ1) is 11.5. The molecular formula is C13H9ClO3. The van der Waals surface area contributed by atoms with Crippen LogP contribution in [0.1, 0.15) is 0 Å². The Hall–Kier alpha value is -2.00. The number of ether oxygens (including phenoxy) is 1. The zero-order chi connectivity index (χ0) is 12.3. The Morgan fingerprint density at radius 1 is 1.06 bits per heavy atom. The third-order valence-corrected chi connectivity index (χ3v) is 2.49. The van der Waals surface area contributed by atoms with E-state index in [4.69, 9.17) is 21.4 Å². The van der Waals surface area contributed by atoms with Crippen molar-refractivity contribution in [3.63, 3.8) is 0 Å². The molecule has 2 aromatic carbocycles. The van der Waals surface area contributed by atoms with Crippen molar-refractivity contribution in [2.75, 3.05) is 0 Å². The minimum absolute atomic E-state index is 0.308. The Bertz CT molecular complexity index is 535. The van der Waals surface area contributed by atoms with E-state index < -0.39 is 6.16 Å². The van der Waals surface area contributed by atoms with Gasteiger partial charge in [-0.05, 0) is 23.8 Å². The van der Waals surface area contributed by atoms with Gasteiger partial charge in [-0.3, -0.25) is 0 Å². The number of hydrogen-bond donors (Lipinski definition) is 1. The summed E-state index contributed by atoms with van der Waals surface area (Å²) < 4.78 is 4.71. The van der Waals surface area contributed by atoms with Crippen molar-refractivity contribution in [1.82, 2.24) is 0 Å². The molecule has 2 aromatic rings. The van der Waals surface area contributed by atoms with Gasteiger partial charge in [0, 0.05) is 10.6 Å². The molecule has 0 radical (unpaired) electrons. The average molecular weight is 249 g/mol. The highest BCUT2D eigenvalue weighted by atomic mass is 35.5. The lowest BCUT2D eigenvalue weighted by Gasteiger charge is -2.07. The van der Waals surface area contributed by atoms with E-state index >= 15 is 0 Å². The normalized spacial score (nSPS) is 9.94. The van der Waals surface area contributed by atoms with E-state index in [1.165, 1.54) is 0 Å². The predicted molar refractivity (Wildman–Crippen MR) is 65.5 cm³/mol. The van der Waals surface area contributed by atoms with Crippen LogP contribution in [0, 0.1) is 0 Å². The van der Waals surface area contributed by atoms with Crippen molar-refractivity contribution >= 4 is 17.8 Å². The maximum absolute atomic E-state index is 10.6. The van der Waals surface area contributed by atoms with Crippen molar-refractivity contribution in [2.24, 2.45) is 0 Å². The molecule has 0 aliphatic rings. The van der Waals surface area contributed by atoms with E-state index in [9.17, 15) is 4.79 Å². The number of carbonyl (C=O) groups is 1. The Balaban J connectivity index is 2.44. The van der Waals surface area contributed by atoms with Gasteiger partial charge in [0.2, 0.25) is 0 Å². The number of halogens is 1. The van der Waals surface area contributed by atoms with Crippen LogP contribution in [0.2, 0.25) is 5.02 Å². The third kappa shape index (κ3) is 2.77. The average Bonchev–Trinajstić information content (AvgIpc) is 2.30. The number of carboxylic acid groups (broad SMARTS) is 1. The summed E-state index contributed by atoms with van der Waals surface area (Å²) in [5.74, 6) is 0.308. The molecule has 0 aliphatic carbocycles. The van der Waals surface area contributed by atoms with Crippen molar-refractivity contribution in [3.8, 4) is 16.9 Å². The zero-order valence-electron chi connectivity index (χ0n) is 8.76. The highest BCUT2D eigenvalue weighted by Gasteiger charge is 2.08. The van der Waals surface area contributed by atoms with Crippen LogP contribution in [0.4, 0.5) is 4.79 Å². The second kappa shape index (κ2) is 4.89. The lowest BCUT2D eigenvalue weighted by Crippen LogP contribution is -2.03. The number of para-hydroxylation sites is 1. The summed E-state index contributed by atoms with van der Waals surface area (Å²) in [6, 6.07) is 14.1. The fraction of sp³-hybridized carbons (Fsp3) is 0. The molecule has 0 aliphatic heterocycles. The van der Waals surface area contributed by atoms with Gasteiger partial charge in [0.1, 0.15) is 5.75 Å². The van der Waals surface area contributed by atoms with Gasteiger partial charge in [0.15, 0.2) is 0 Å². The van der Waals surface area contributed by atoms with Crippen LogP contribution in [-0.2, 0) is 0 Å². The molecule has 0 saturated heterocycles. The molecule has 17 heavy (non-hydrogen) atoms. The summed E-state index contributed by atoms with van der Waals surface area (Å²) >= 11 is 5.80. The maximum Gasteiger partial charge on any atom is 0.511 e. The van der Waals surface area contributed by atoms with E-state index in [2.05, 4.69) is 0 Å². The highest BCUT2D eigenvalue weighted by Crippen LogP contribution is 2.30. The second-order valence-electron chi connectivity index (χ2n) is 3.37. The van der Waals surface area contributed by atoms with Crippen LogP contribution >= 0.6 is 11.6 Å². The molecule has 4 heteroatoms. The Labute approximate surface area is 103 Å². The van der Waals surface area contributed by atoms with Crippen molar-refractivity contribution in [2.45, 2.75) is 0 Å². The van der Waals surface area contributed by atoms with E-state index in [1.54, 1.807) is 30.3 Å². The van der Waals surface area contributed by atoms with E-state index in [0.29, 0.717) is 16.3 Å². The van der Waals surface area contributed by atoms with E-state index in [1.807, 2.05) is 18.2 Å². The van der Waals surface area contributed by atoms with Crippen molar-refractivity contribution in [1.29, 1.82) is 0 Å². The first-order valence-corrected chi connectivity index (χ1v) is 5.30. The van der Waals surface area contributed by atoms with Crippen molar-refractivity contribution < 1.29 is 14.6 Å². The zero-order valence-corrected chi connectivity index (χ0v) is 9.52. The molecule has 0 unspecified atom stereocenters. The topological polar surface area (TPSA) is 46.5 Å². The first-order valence-electron chi connectivity index (χ1n) is 4.92. The molecule has 0 atom stereocenters. The Morgan fingerprint density at radius 3 is 2.35 bits per heavy atom. The molecule has 3 nitrogen and oxygen atoms in total. The summed E-state index contributed by atoms with van der Waals surface area (Å²) in [6.07, 6.45) is -1.33. The van der Waals surface area contributed by atoms with E-state index in [-0.39, 0.29) is 0 Å². The maximum atomic E-state index is 10.6. The molecule has 0 fully saturated rings. The molecule has 86 valence electrons. The van der Waals surface area contributed by atoms with Crippen LogP contribution in [0.3, 0.4) is 0 Å². The molecule has 0 spiro atoms. The van der Waals surface area contributed by atoms with Gasteiger partial charge < -0.3 is 9.84 Å². The van der Waals surface area contributed by atoms with Gasteiger partial charge in [-0.2, -0.15) is 0 Å². The summed E-state index contributed by atoms with van der Waals surface area (Å²) in [5, 5.41) is 9.27. The van der Waals surface area contributed by atoms with Crippen LogP contribution in [0.25, 0.3) is 11.1 Å². The third-order valence-electron chi connectivity index (χ3n) is 2.24. The first-order chi connectivity index (χ1) is 8.16. The molecule has 0 bridgehead atoms. The van der Waals surface area contributed by atoms with E-state index in [0.717, 1.165) is 5.56 Å². The molecule has 0 heterocycles. The fourth-order valence-corrected chi connectivity index (χ4v) is 1.64. The largest absolute Gasteiger partial charge is 0.511 e. The molecule has 2 rings (SSSR count).